The van der Waals surface area contributed by atoms with Gasteiger partial charge >= 0.3 is 12.1 Å². The lowest BCUT2D eigenvalue weighted by Crippen LogP contribution is -2.56. The molecule has 2 N–H and O–H groups in total. The first-order valence-corrected chi connectivity index (χ1v) is 12.5. The number of ether oxygens (including phenoxy) is 1. The molecule has 1 saturated heterocycles. The fraction of sp³-hybridized carbons (Fsp3) is 0.310. The number of nitrogens with one attached hydrogen (secondary N) is 2. The number of carbonyl (C=O) groups is 2. The Bertz CT molecular complexity index is 1130. The molecule has 194 valence electrons. The summed E-state index contributed by atoms with van der Waals surface area (Å²) in [5.41, 5.74) is 2.48. The van der Waals surface area contributed by atoms with Crippen LogP contribution in [0, 0.1) is 17.6 Å². The summed E-state index contributed by atoms with van der Waals surface area (Å²) in [4.78, 5) is 27.3. The molecule has 0 aromatic heterocycles. The molecule has 0 radical (unpaired) electrons. The number of carbonyl (C=O) groups excluding carboxylic acids is 2. The quantitative estimate of drug-likeness (QED) is 0.447. The summed E-state index contributed by atoms with van der Waals surface area (Å²) in [7, 11) is 0. The third-order valence-electron chi connectivity index (χ3n) is 6.68. The van der Waals surface area contributed by atoms with Crippen LogP contribution < -0.4 is 10.6 Å². The number of rotatable bonds is 7. The number of urea groups is 1. The van der Waals surface area contributed by atoms with Crippen molar-refractivity contribution in [3.8, 4) is 0 Å². The Morgan fingerprint density at radius 3 is 2.11 bits per heavy atom. The number of halogens is 2. The summed E-state index contributed by atoms with van der Waals surface area (Å²) < 4.78 is 33.1. The molecule has 2 unspecified atom stereocenters. The molecule has 3 amide bonds. The van der Waals surface area contributed by atoms with E-state index in [1.807, 2.05) is 37.3 Å². The predicted molar refractivity (Wildman–Crippen MR) is 137 cm³/mol. The second kappa shape index (κ2) is 12.3. The number of nitrogens with zero attached hydrogens (tertiary/aromatic N) is 1. The van der Waals surface area contributed by atoms with Gasteiger partial charge in [-0.05, 0) is 54.3 Å². The topological polar surface area (TPSA) is 70.7 Å². The van der Waals surface area contributed by atoms with Crippen LogP contribution in [0.5, 0.6) is 0 Å². The normalized spacial score (nSPS) is 17.4. The molecule has 0 bridgehead atoms. The fourth-order valence-corrected chi connectivity index (χ4v) is 4.89. The van der Waals surface area contributed by atoms with Crippen LogP contribution in [-0.2, 0) is 11.3 Å². The van der Waals surface area contributed by atoms with Crippen molar-refractivity contribution in [2.24, 2.45) is 5.92 Å². The molecule has 1 fully saturated rings. The van der Waals surface area contributed by atoms with Gasteiger partial charge in [0.15, 0.2) is 0 Å². The van der Waals surface area contributed by atoms with Crippen LogP contribution >= 0.6 is 0 Å². The van der Waals surface area contributed by atoms with Gasteiger partial charge in [0.1, 0.15) is 18.2 Å². The van der Waals surface area contributed by atoms with Crippen LogP contribution in [0.25, 0.3) is 0 Å². The number of hydrogen-bond acceptors (Lipinski definition) is 3. The molecule has 8 heteroatoms. The Hall–Kier alpha value is -3.94. The van der Waals surface area contributed by atoms with Crippen LogP contribution in [-0.4, -0.2) is 42.7 Å². The van der Waals surface area contributed by atoms with Gasteiger partial charge in [0, 0.05) is 37.5 Å². The molecule has 0 spiro atoms. The maximum absolute atomic E-state index is 13.8. The molecule has 3 aromatic rings. The summed E-state index contributed by atoms with van der Waals surface area (Å²) in [5, 5.41) is 5.84. The predicted octanol–water partition coefficient (Wildman–Crippen LogP) is 5.44. The van der Waals surface area contributed by atoms with Crippen LogP contribution in [0.2, 0.25) is 0 Å². The maximum Gasteiger partial charge on any atom is 0.407 e. The van der Waals surface area contributed by atoms with Crippen molar-refractivity contribution in [2.75, 3.05) is 19.6 Å². The highest BCUT2D eigenvalue weighted by molar-refractivity contribution is 5.74. The first-order valence-electron chi connectivity index (χ1n) is 12.5. The minimum Gasteiger partial charge on any atom is -0.445 e. The number of piperidine rings is 1. The molecule has 6 nitrogen and oxygen atoms in total. The van der Waals surface area contributed by atoms with Crippen molar-refractivity contribution in [1.82, 2.24) is 15.5 Å². The number of amides is 3. The van der Waals surface area contributed by atoms with E-state index < -0.39 is 6.09 Å². The number of hydrogen-bond donors (Lipinski definition) is 2. The zero-order chi connectivity index (χ0) is 26.2. The van der Waals surface area contributed by atoms with Crippen LogP contribution in [0.4, 0.5) is 18.4 Å². The lowest BCUT2D eigenvalue weighted by molar-refractivity contribution is 0.109. The second-order valence-electron chi connectivity index (χ2n) is 9.13. The molecule has 1 heterocycles. The van der Waals surface area contributed by atoms with Gasteiger partial charge in [0.2, 0.25) is 0 Å². The highest BCUT2D eigenvalue weighted by atomic mass is 19.1. The smallest absolute Gasteiger partial charge is 0.407 e. The Morgan fingerprint density at radius 1 is 0.946 bits per heavy atom. The fourth-order valence-electron chi connectivity index (χ4n) is 4.89. The summed E-state index contributed by atoms with van der Waals surface area (Å²) in [6, 6.07) is 21.2. The molecule has 1 aliphatic rings. The highest BCUT2D eigenvalue weighted by Gasteiger charge is 2.39. The molecule has 3 aromatic carbocycles. The summed E-state index contributed by atoms with van der Waals surface area (Å²) in [6.45, 7) is 3.27. The average Bonchev–Trinajstić information content (AvgIpc) is 2.91. The van der Waals surface area contributed by atoms with Crippen LogP contribution in [0.3, 0.4) is 0 Å². The molecule has 0 aliphatic carbocycles. The summed E-state index contributed by atoms with van der Waals surface area (Å²) in [5.74, 6) is -1.35. The zero-order valence-electron chi connectivity index (χ0n) is 20.7. The SMILES string of the molecule is CCNC(=O)N1CCC(NC(=O)OCc2ccccc2)C(C(c2ccc(F)cc2)c2ccc(F)cc2)C1. The van der Waals surface area contributed by atoms with E-state index in [0.717, 1.165) is 16.7 Å². The Kier molecular flexibility index (Phi) is 8.72. The van der Waals surface area contributed by atoms with E-state index in [1.54, 1.807) is 29.2 Å². The third kappa shape index (κ3) is 6.84. The van der Waals surface area contributed by atoms with Crippen molar-refractivity contribution in [3.05, 3.63) is 107 Å². The van der Waals surface area contributed by atoms with Gasteiger partial charge in [0.05, 0.1) is 0 Å². The molecule has 1 aliphatic heterocycles. The number of alkyl carbamates (subject to hydrolysis) is 1. The minimum absolute atomic E-state index is 0.133. The van der Waals surface area contributed by atoms with Gasteiger partial charge in [-0.15, -0.1) is 0 Å². The molecular formula is C29H31F2N3O3. The zero-order valence-corrected chi connectivity index (χ0v) is 20.7. The molecule has 0 saturated carbocycles. The number of benzene rings is 3. The second-order valence-corrected chi connectivity index (χ2v) is 9.13. The largest absolute Gasteiger partial charge is 0.445 e. The standard InChI is InChI=1S/C29H31F2N3O3/c1-2-32-28(35)34-17-16-26(33-29(36)37-19-20-6-4-3-5-7-20)25(18-34)27(21-8-12-23(30)13-9-21)22-10-14-24(31)15-11-22/h3-15,25-27H,2,16-19H2,1H3,(H,32,35)(H,33,36). The Labute approximate surface area is 215 Å². The molecule has 4 rings (SSSR count). The Balaban J connectivity index is 1.62. The van der Waals surface area contributed by atoms with E-state index in [1.165, 1.54) is 24.3 Å². The third-order valence-corrected chi connectivity index (χ3v) is 6.68. The molecule has 37 heavy (non-hydrogen) atoms. The van der Waals surface area contributed by atoms with Crippen molar-refractivity contribution >= 4 is 12.1 Å². The van der Waals surface area contributed by atoms with E-state index in [2.05, 4.69) is 10.6 Å². The minimum atomic E-state index is -0.553. The summed E-state index contributed by atoms with van der Waals surface area (Å²) in [6.07, 6.45) is -0.0523. The van der Waals surface area contributed by atoms with Gasteiger partial charge in [-0.3, -0.25) is 0 Å². The Morgan fingerprint density at radius 2 is 1.54 bits per heavy atom. The van der Waals surface area contributed by atoms with E-state index >= 15 is 0 Å². The van der Waals surface area contributed by atoms with Gasteiger partial charge in [-0.1, -0.05) is 54.6 Å². The number of likely N-dealkylation sites (tertiary alicyclic amines) is 1. The lowest BCUT2D eigenvalue weighted by atomic mass is 9.74. The average molecular weight is 508 g/mol. The van der Waals surface area contributed by atoms with Gasteiger partial charge < -0.3 is 20.3 Å². The van der Waals surface area contributed by atoms with Crippen molar-refractivity contribution in [3.63, 3.8) is 0 Å². The van der Waals surface area contributed by atoms with Crippen LogP contribution in [0.1, 0.15) is 36.0 Å². The monoisotopic (exact) mass is 507 g/mol. The highest BCUT2D eigenvalue weighted by Crippen LogP contribution is 2.38. The van der Waals surface area contributed by atoms with E-state index in [9.17, 15) is 18.4 Å². The maximum atomic E-state index is 13.8. The van der Waals surface area contributed by atoms with Gasteiger partial charge in [0.25, 0.3) is 0 Å². The van der Waals surface area contributed by atoms with E-state index in [0.29, 0.717) is 26.1 Å². The van der Waals surface area contributed by atoms with Crippen molar-refractivity contribution in [2.45, 2.75) is 31.9 Å². The van der Waals surface area contributed by atoms with Gasteiger partial charge in [-0.25, -0.2) is 18.4 Å². The van der Waals surface area contributed by atoms with Crippen LogP contribution in [0.15, 0.2) is 78.9 Å². The first kappa shape index (κ1) is 26.1. The first-order chi connectivity index (χ1) is 17.9. The summed E-state index contributed by atoms with van der Waals surface area (Å²) >= 11 is 0. The van der Waals surface area contributed by atoms with Crippen molar-refractivity contribution in [1.29, 1.82) is 0 Å². The molecule has 2 atom stereocenters. The lowest BCUT2D eigenvalue weighted by Gasteiger charge is -2.42. The van der Waals surface area contributed by atoms with Gasteiger partial charge in [-0.2, -0.15) is 0 Å². The van der Waals surface area contributed by atoms with E-state index in [4.69, 9.17) is 4.74 Å². The molecular weight excluding hydrogens is 476 g/mol. The van der Waals surface area contributed by atoms with E-state index in [-0.39, 0.29) is 42.2 Å². The van der Waals surface area contributed by atoms with Crippen molar-refractivity contribution < 1.29 is 23.1 Å².